The van der Waals surface area contributed by atoms with E-state index in [0.717, 1.165) is 4.90 Å². The van der Waals surface area contributed by atoms with Crippen LogP contribution in [-0.4, -0.2) is 5.75 Å². The number of nitrogen functional groups attached to an aromatic ring is 1. The van der Waals surface area contributed by atoms with Crippen molar-refractivity contribution in [2.24, 2.45) is 0 Å². The molecule has 2 N–H and O–H groups in total. The number of nitrogens with two attached hydrogens (primary N) is 1. The lowest BCUT2D eigenvalue weighted by Crippen LogP contribution is -1.89. The Bertz CT molecular complexity index is 332. The molecule has 0 heterocycles. The molecule has 0 unspecified atom stereocenters. The van der Waals surface area contributed by atoms with E-state index in [1.54, 1.807) is 18.2 Å². The third-order valence-corrected chi connectivity index (χ3v) is 3.87. The molecule has 0 spiro atoms. The maximum absolute atomic E-state index is 5.96. The van der Waals surface area contributed by atoms with Crippen LogP contribution in [-0.2, 0) is 0 Å². The average Bonchev–Trinajstić information content (AvgIpc) is 2.16. The summed E-state index contributed by atoms with van der Waals surface area (Å²) in [4.78, 5) is 0.839. The highest BCUT2D eigenvalue weighted by molar-refractivity contribution is 7.99. The van der Waals surface area contributed by atoms with E-state index in [0.29, 0.717) is 21.5 Å². The molecule has 0 aliphatic heterocycles. The summed E-state index contributed by atoms with van der Waals surface area (Å²) in [5, 5.41) is 1.20. The molecule has 1 nitrogen and oxygen atoms in total. The summed E-state index contributed by atoms with van der Waals surface area (Å²) in [5.41, 5.74) is 7.74. The molecule has 0 fully saturated rings. The summed E-state index contributed by atoms with van der Waals surface area (Å²) >= 11 is 18.6. The van der Waals surface area contributed by atoms with E-state index in [1.807, 2.05) is 0 Å². The van der Waals surface area contributed by atoms with Gasteiger partial charge in [-0.05, 0) is 12.1 Å². The van der Waals surface area contributed by atoms with Crippen LogP contribution in [0.3, 0.4) is 0 Å². The summed E-state index contributed by atoms with van der Waals surface area (Å²) in [5.74, 6) is 0.568. The lowest BCUT2D eigenvalue weighted by Gasteiger charge is -2.06. The quantitative estimate of drug-likeness (QED) is 0.652. The number of halogens is 3. The van der Waals surface area contributed by atoms with Crippen LogP contribution in [0.25, 0.3) is 0 Å². The van der Waals surface area contributed by atoms with Gasteiger partial charge in [-0.3, -0.25) is 0 Å². The largest absolute Gasteiger partial charge is 0.398 e. The molecule has 5 heteroatoms. The molecule has 1 aromatic rings. The number of anilines is 1. The Morgan fingerprint density at radius 2 is 2.21 bits per heavy atom. The number of hydrogen-bond acceptors (Lipinski definition) is 2. The highest BCUT2D eigenvalue weighted by atomic mass is 35.5. The second kappa shape index (κ2) is 5.76. The second-order valence-corrected chi connectivity index (χ2v) is 4.60. The number of thioether (sulfide) groups is 1. The molecule has 0 bridgehead atoms. The first kappa shape index (κ1) is 12.1. The average molecular weight is 269 g/mol. The molecule has 0 radical (unpaired) electrons. The predicted octanol–water partition coefficient (Wildman–Crippen LogP) is 4.33. The van der Waals surface area contributed by atoms with Crippen LogP contribution in [0.5, 0.6) is 0 Å². The third-order valence-electron chi connectivity index (χ3n) is 1.47. The molecular weight excluding hydrogens is 261 g/mol. The van der Waals surface area contributed by atoms with Gasteiger partial charge < -0.3 is 5.73 Å². The van der Waals surface area contributed by atoms with Crippen molar-refractivity contribution in [3.8, 4) is 0 Å². The molecule has 0 aromatic heterocycles. The van der Waals surface area contributed by atoms with Gasteiger partial charge in [0.05, 0.1) is 5.02 Å². The van der Waals surface area contributed by atoms with Gasteiger partial charge in [0.15, 0.2) is 0 Å². The fourth-order valence-corrected chi connectivity index (χ4v) is 2.33. The maximum atomic E-state index is 5.96. The maximum Gasteiger partial charge on any atom is 0.0562 e. The lowest BCUT2D eigenvalue weighted by molar-refractivity contribution is 1.45. The minimum atomic E-state index is 0.566. The highest BCUT2D eigenvalue weighted by Gasteiger charge is 2.05. The van der Waals surface area contributed by atoms with Gasteiger partial charge in [-0.25, -0.2) is 0 Å². The second-order valence-electron chi connectivity index (χ2n) is 2.50. The Balaban J connectivity index is 2.76. The number of benzene rings is 1. The van der Waals surface area contributed by atoms with Gasteiger partial charge >= 0.3 is 0 Å². The fraction of sp³-hybridized carbons (Fsp3) is 0.111. The van der Waals surface area contributed by atoms with Crippen molar-refractivity contribution in [3.05, 3.63) is 33.8 Å². The number of hydrogen-bond donors (Lipinski definition) is 1. The molecule has 14 heavy (non-hydrogen) atoms. The monoisotopic (exact) mass is 267 g/mol. The first-order valence-electron chi connectivity index (χ1n) is 3.76. The summed E-state index contributed by atoms with van der Waals surface area (Å²) in [6.45, 7) is 0. The predicted molar refractivity (Wildman–Crippen MR) is 66.4 cm³/mol. The van der Waals surface area contributed by atoms with E-state index in [-0.39, 0.29) is 0 Å². The van der Waals surface area contributed by atoms with Gasteiger partial charge in [-0.2, -0.15) is 0 Å². The van der Waals surface area contributed by atoms with Crippen molar-refractivity contribution in [2.45, 2.75) is 4.90 Å². The van der Waals surface area contributed by atoms with Gasteiger partial charge in [0.25, 0.3) is 0 Å². The zero-order valence-corrected chi connectivity index (χ0v) is 10.2. The van der Waals surface area contributed by atoms with Crippen LogP contribution in [0.2, 0.25) is 5.02 Å². The molecule has 0 saturated heterocycles. The van der Waals surface area contributed by atoms with Crippen LogP contribution in [0, 0.1) is 0 Å². The van der Waals surface area contributed by atoms with Crippen molar-refractivity contribution >= 4 is 52.3 Å². The highest BCUT2D eigenvalue weighted by Crippen LogP contribution is 2.33. The molecule has 0 amide bonds. The van der Waals surface area contributed by atoms with Gasteiger partial charge in [-0.1, -0.05) is 40.9 Å². The summed E-state index contributed by atoms with van der Waals surface area (Å²) in [6, 6.07) is 5.39. The molecule has 76 valence electrons. The van der Waals surface area contributed by atoms with Crippen LogP contribution in [0.4, 0.5) is 5.69 Å². The molecule has 0 atom stereocenters. The third kappa shape index (κ3) is 3.28. The number of rotatable bonds is 3. The summed E-state index contributed by atoms with van der Waals surface area (Å²) in [7, 11) is 0. The van der Waals surface area contributed by atoms with Gasteiger partial charge in [-0.15, -0.1) is 11.8 Å². The fourth-order valence-electron chi connectivity index (χ4n) is 0.850. The molecule has 1 aromatic carbocycles. The van der Waals surface area contributed by atoms with Gasteiger partial charge in [0.2, 0.25) is 0 Å². The molecule has 0 saturated carbocycles. The Morgan fingerprint density at radius 1 is 1.50 bits per heavy atom. The zero-order valence-electron chi connectivity index (χ0n) is 7.14. The van der Waals surface area contributed by atoms with Gasteiger partial charge in [0.1, 0.15) is 0 Å². The normalized spacial score (nSPS) is 11.8. The Morgan fingerprint density at radius 3 is 2.79 bits per heavy atom. The lowest BCUT2D eigenvalue weighted by atomic mass is 10.3. The van der Waals surface area contributed by atoms with E-state index in [4.69, 9.17) is 40.5 Å². The smallest absolute Gasteiger partial charge is 0.0562 e. The van der Waals surface area contributed by atoms with E-state index in [1.165, 1.54) is 17.3 Å². The first-order chi connectivity index (χ1) is 6.65. The standard InChI is InChI=1S/C9H8Cl3NS/c10-4-6(11)5-14-9-7(12)2-1-3-8(9)13/h1-4H,5,13H2. The van der Waals surface area contributed by atoms with E-state index >= 15 is 0 Å². The van der Waals surface area contributed by atoms with Crippen molar-refractivity contribution in [2.75, 3.05) is 11.5 Å². The van der Waals surface area contributed by atoms with E-state index in [2.05, 4.69) is 0 Å². The van der Waals surface area contributed by atoms with Crippen LogP contribution < -0.4 is 5.73 Å². The summed E-state index contributed by atoms with van der Waals surface area (Å²) in [6.07, 6.45) is 0. The van der Waals surface area contributed by atoms with Gasteiger partial charge in [0, 0.05) is 26.9 Å². The Kier molecular flexibility index (Phi) is 4.96. The van der Waals surface area contributed by atoms with Crippen LogP contribution >= 0.6 is 46.6 Å². The topological polar surface area (TPSA) is 26.0 Å². The van der Waals surface area contributed by atoms with Crippen LogP contribution in [0.1, 0.15) is 0 Å². The molecule has 0 aliphatic rings. The van der Waals surface area contributed by atoms with Crippen molar-refractivity contribution < 1.29 is 0 Å². The van der Waals surface area contributed by atoms with Crippen molar-refractivity contribution in [3.63, 3.8) is 0 Å². The molecular formula is C9H8Cl3NS. The summed E-state index contributed by atoms with van der Waals surface area (Å²) < 4.78 is 0. The zero-order chi connectivity index (χ0) is 10.6. The van der Waals surface area contributed by atoms with E-state index in [9.17, 15) is 0 Å². The van der Waals surface area contributed by atoms with Crippen molar-refractivity contribution in [1.82, 2.24) is 0 Å². The van der Waals surface area contributed by atoms with Crippen molar-refractivity contribution in [1.29, 1.82) is 0 Å². The molecule has 1 rings (SSSR count). The molecule has 0 aliphatic carbocycles. The van der Waals surface area contributed by atoms with E-state index < -0.39 is 0 Å². The first-order valence-corrected chi connectivity index (χ1v) is 5.94. The van der Waals surface area contributed by atoms with Crippen LogP contribution in [0.15, 0.2) is 33.7 Å². The Labute approximate surface area is 102 Å². The Hall–Kier alpha value is -0.0200. The minimum Gasteiger partial charge on any atom is -0.398 e. The SMILES string of the molecule is Nc1cccc(Cl)c1SCC(Cl)=CCl. The minimum absolute atomic E-state index is 0.566.